The van der Waals surface area contributed by atoms with Crippen LogP contribution < -0.4 is 4.80 Å². The summed E-state index contributed by atoms with van der Waals surface area (Å²) in [5.41, 5.74) is 1.08. The minimum atomic E-state index is 0.379. The van der Waals surface area contributed by atoms with Crippen LogP contribution in [-0.2, 0) is 7.05 Å². The summed E-state index contributed by atoms with van der Waals surface area (Å²) in [7, 11) is 1.94. The summed E-state index contributed by atoms with van der Waals surface area (Å²) in [6.07, 6.45) is 2.12. The number of halogens is 1. The van der Waals surface area contributed by atoms with E-state index in [1.165, 1.54) is 0 Å². The molecule has 0 spiro atoms. The van der Waals surface area contributed by atoms with Crippen molar-refractivity contribution in [2.45, 2.75) is 32.7 Å². The first-order valence-corrected chi connectivity index (χ1v) is 7.67. The zero-order valence-electron chi connectivity index (χ0n) is 11.4. The molecule has 0 aliphatic heterocycles. The van der Waals surface area contributed by atoms with Crippen molar-refractivity contribution in [3.05, 3.63) is 34.1 Å². The van der Waals surface area contributed by atoms with Crippen LogP contribution in [0.2, 0.25) is 5.02 Å². The van der Waals surface area contributed by atoms with Crippen molar-refractivity contribution in [2.24, 2.45) is 12.0 Å². The van der Waals surface area contributed by atoms with Gasteiger partial charge in [0.1, 0.15) is 5.01 Å². The Hall–Kier alpha value is -1.13. The van der Waals surface area contributed by atoms with Gasteiger partial charge in [-0.1, -0.05) is 48.9 Å². The number of benzene rings is 1. The van der Waals surface area contributed by atoms with Crippen LogP contribution in [-0.4, -0.2) is 15.8 Å². The second kappa shape index (κ2) is 6.35. The fourth-order valence-electron chi connectivity index (χ4n) is 1.80. The number of aryl methyl sites for hydroxylation is 1. The second-order valence-corrected chi connectivity index (χ2v) is 5.81. The Balaban J connectivity index is 2.38. The third kappa shape index (κ3) is 3.45. The Morgan fingerprint density at radius 1 is 1.26 bits per heavy atom. The van der Waals surface area contributed by atoms with Crippen molar-refractivity contribution in [1.29, 1.82) is 0 Å². The molecule has 5 heteroatoms. The van der Waals surface area contributed by atoms with Crippen molar-refractivity contribution in [1.82, 2.24) is 9.78 Å². The predicted octanol–water partition coefficient (Wildman–Crippen LogP) is 3.89. The van der Waals surface area contributed by atoms with E-state index >= 15 is 0 Å². The summed E-state index contributed by atoms with van der Waals surface area (Å²) in [5.74, 6) is 0. The first-order valence-electron chi connectivity index (χ1n) is 6.48. The van der Waals surface area contributed by atoms with Gasteiger partial charge in [-0.2, -0.15) is 5.10 Å². The lowest BCUT2D eigenvalue weighted by molar-refractivity contribution is 0.597. The zero-order valence-corrected chi connectivity index (χ0v) is 13.0. The third-order valence-electron chi connectivity index (χ3n) is 3.03. The molecule has 0 bridgehead atoms. The van der Waals surface area contributed by atoms with Gasteiger partial charge in [0.2, 0.25) is 4.80 Å². The number of hydrogen-bond acceptors (Lipinski definition) is 3. The summed E-state index contributed by atoms with van der Waals surface area (Å²) in [6.45, 7) is 4.33. The molecular weight excluding hydrogens is 278 g/mol. The second-order valence-electron chi connectivity index (χ2n) is 4.42. The van der Waals surface area contributed by atoms with E-state index in [9.17, 15) is 0 Å². The van der Waals surface area contributed by atoms with Crippen molar-refractivity contribution in [2.75, 3.05) is 0 Å². The lowest BCUT2D eigenvalue weighted by Crippen LogP contribution is -2.16. The van der Waals surface area contributed by atoms with Crippen molar-refractivity contribution >= 4 is 22.9 Å². The molecule has 0 radical (unpaired) electrons. The Morgan fingerprint density at radius 3 is 2.47 bits per heavy atom. The first kappa shape index (κ1) is 14.3. The average molecular weight is 296 g/mol. The molecule has 2 rings (SSSR count). The van der Waals surface area contributed by atoms with Crippen LogP contribution in [0.4, 0.5) is 0 Å². The summed E-state index contributed by atoms with van der Waals surface area (Å²) < 4.78 is 1.85. The Morgan fingerprint density at radius 2 is 1.89 bits per heavy atom. The van der Waals surface area contributed by atoms with E-state index in [1.54, 1.807) is 11.3 Å². The highest BCUT2D eigenvalue weighted by Gasteiger charge is 2.07. The number of hydrogen-bond donors (Lipinski definition) is 0. The van der Waals surface area contributed by atoms with Gasteiger partial charge < -0.3 is 0 Å². The van der Waals surface area contributed by atoms with Crippen molar-refractivity contribution in [3.63, 3.8) is 0 Å². The molecule has 3 nitrogen and oxygen atoms in total. The fourth-order valence-corrected chi connectivity index (χ4v) is 2.89. The van der Waals surface area contributed by atoms with Gasteiger partial charge in [0.25, 0.3) is 0 Å². The zero-order chi connectivity index (χ0) is 13.8. The Bertz CT molecular complexity index is 594. The molecule has 1 heterocycles. The van der Waals surface area contributed by atoms with Crippen LogP contribution in [0.15, 0.2) is 29.3 Å². The van der Waals surface area contributed by atoms with E-state index in [-0.39, 0.29) is 0 Å². The van der Waals surface area contributed by atoms with Gasteiger partial charge in [0, 0.05) is 17.6 Å². The lowest BCUT2D eigenvalue weighted by Gasteiger charge is -2.03. The molecule has 0 fully saturated rings. The van der Waals surface area contributed by atoms with Crippen LogP contribution in [0, 0.1) is 0 Å². The topological polar surface area (TPSA) is 30.2 Å². The van der Waals surface area contributed by atoms with Gasteiger partial charge in [-0.3, -0.25) is 4.99 Å². The van der Waals surface area contributed by atoms with Crippen LogP contribution in [0.1, 0.15) is 26.7 Å². The normalized spacial score (nSPS) is 12.4. The third-order valence-corrected chi connectivity index (χ3v) is 4.35. The van der Waals surface area contributed by atoms with E-state index in [0.29, 0.717) is 6.04 Å². The van der Waals surface area contributed by atoms with E-state index in [4.69, 9.17) is 16.6 Å². The van der Waals surface area contributed by atoms with Crippen LogP contribution >= 0.6 is 22.9 Å². The summed E-state index contributed by atoms with van der Waals surface area (Å²) in [4.78, 5) is 5.72. The molecular formula is C14H18ClN3S. The minimum absolute atomic E-state index is 0.379. The van der Waals surface area contributed by atoms with E-state index < -0.39 is 0 Å². The smallest absolute Gasteiger partial charge is 0.203 e. The molecule has 0 aliphatic rings. The van der Waals surface area contributed by atoms with Gasteiger partial charge in [-0.05, 0) is 25.0 Å². The molecule has 0 amide bonds. The van der Waals surface area contributed by atoms with Gasteiger partial charge in [0.05, 0.1) is 6.04 Å². The maximum Gasteiger partial charge on any atom is 0.203 e. The number of nitrogens with zero attached hydrogens (tertiary/aromatic N) is 3. The van der Waals surface area contributed by atoms with Crippen molar-refractivity contribution in [3.8, 4) is 10.6 Å². The highest BCUT2D eigenvalue weighted by Crippen LogP contribution is 2.21. The fraction of sp³-hybridized carbons (Fsp3) is 0.429. The van der Waals surface area contributed by atoms with Crippen LogP contribution in [0.3, 0.4) is 0 Å². The molecule has 0 N–H and O–H groups in total. The number of rotatable bonds is 4. The molecule has 0 aliphatic carbocycles. The minimum Gasteiger partial charge on any atom is -0.254 e. The Labute approximate surface area is 122 Å². The van der Waals surface area contributed by atoms with Crippen molar-refractivity contribution < 1.29 is 0 Å². The molecule has 0 unspecified atom stereocenters. The molecule has 0 saturated carbocycles. The summed E-state index contributed by atoms with van der Waals surface area (Å²) in [6, 6.07) is 8.13. The molecule has 19 heavy (non-hydrogen) atoms. The molecule has 1 aromatic carbocycles. The van der Waals surface area contributed by atoms with Crippen LogP contribution in [0.25, 0.3) is 10.6 Å². The molecule has 102 valence electrons. The SMILES string of the molecule is CCC(CC)/N=c1/sc(-c2ccc(Cl)cc2)nn1C. The van der Waals surface area contributed by atoms with Gasteiger partial charge in [-0.25, -0.2) is 4.68 Å². The monoisotopic (exact) mass is 295 g/mol. The largest absolute Gasteiger partial charge is 0.254 e. The van der Waals surface area contributed by atoms with E-state index in [2.05, 4.69) is 18.9 Å². The number of aromatic nitrogens is 2. The lowest BCUT2D eigenvalue weighted by atomic mass is 10.2. The van der Waals surface area contributed by atoms with E-state index in [1.807, 2.05) is 36.0 Å². The van der Waals surface area contributed by atoms with Gasteiger partial charge in [-0.15, -0.1) is 0 Å². The van der Waals surface area contributed by atoms with Gasteiger partial charge in [0.15, 0.2) is 0 Å². The average Bonchev–Trinajstić information content (AvgIpc) is 2.78. The molecule has 0 saturated heterocycles. The first-order chi connectivity index (χ1) is 9.13. The standard InChI is InChI=1S/C14H18ClN3S/c1-4-12(5-2)16-14-18(3)17-13(19-14)10-6-8-11(15)9-7-10/h6-9,12H,4-5H2,1-3H3/b16-14+. The maximum atomic E-state index is 5.90. The molecule has 2 aromatic rings. The molecule has 0 atom stereocenters. The quantitative estimate of drug-likeness (QED) is 0.841. The van der Waals surface area contributed by atoms with Crippen LogP contribution in [0.5, 0.6) is 0 Å². The summed E-state index contributed by atoms with van der Waals surface area (Å²) >= 11 is 7.52. The Kier molecular flexibility index (Phi) is 4.77. The highest BCUT2D eigenvalue weighted by atomic mass is 35.5. The maximum absolute atomic E-state index is 5.90. The molecule has 1 aromatic heterocycles. The summed E-state index contributed by atoms with van der Waals surface area (Å²) in [5, 5.41) is 6.25. The highest BCUT2D eigenvalue weighted by molar-refractivity contribution is 7.12. The van der Waals surface area contributed by atoms with Gasteiger partial charge >= 0.3 is 0 Å². The van der Waals surface area contributed by atoms with E-state index in [0.717, 1.165) is 33.2 Å². The predicted molar refractivity (Wildman–Crippen MR) is 81.5 cm³/mol.